The summed E-state index contributed by atoms with van der Waals surface area (Å²) in [5.41, 5.74) is 5.52. The number of esters is 1. The molecular formula is C27H33N5O3. The molecule has 1 saturated heterocycles. The van der Waals surface area contributed by atoms with Crippen LogP contribution in [0.2, 0.25) is 0 Å². The molecule has 4 rings (SSSR count). The zero-order valence-corrected chi connectivity index (χ0v) is 20.7. The van der Waals surface area contributed by atoms with Crippen LogP contribution in [0.25, 0.3) is 5.69 Å². The van der Waals surface area contributed by atoms with Crippen LogP contribution < -0.4 is 5.32 Å². The van der Waals surface area contributed by atoms with E-state index in [1.54, 1.807) is 0 Å². The van der Waals surface area contributed by atoms with Gasteiger partial charge in [-0.1, -0.05) is 6.07 Å². The lowest BCUT2D eigenvalue weighted by molar-refractivity contribution is -0.140. The van der Waals surface area contributed by atoms with Crippen LogP contribution in [0.15, 0.2) is 48.7 Å². The summed E-state index contributed by atoms with van der Waals surface area (Å²) in [6.07, 6.45) is 4.59. The van der Waals surface area contributed by atoms with E-state index >= 15 is 0 Å². The lowest BCUT2D eigenvalue weighted by Crippen LogP contribution is -2.44. The molecule has 3 aromatic rings. The molecule has 1 amide bonds. The number of aromatic nitrogens is 3. The molecule has 8 nitrogen and oxygen atoms in total. The molecule has 8 heteroatoms. The van der Waals surface area contributed by atoms with Crippen molar-refractivity contribution in [2.45, 2.75) is 52.1 Å². The summed E-state index contributed by atoms with van der Waals surface area (Å²) < 4.78 is 6.62. The number of methoxy groups -OCH3 is 1. The first-order valence-electron chi connectivity index (χ1n) is 12.1. The standard InChI is InChI=1S/C27H33N5O3/c1-19-25(11-12-26(33)35-3)20(2)32(30-19)24-9-7-21(8-10-24)27(34)29-22-13-16-31(17-14-22)18-23-6-4-5-15-28-23/h4-10,15,22H,11-14,16-18H2,1-3H3,(H,29,34). The number of piperidine rings is 1. The Morgan fingerprint density at radius 3 is 2.49 bits per heavy atom. The number of nitrogens with one attached hydrogen (secondary N) is 1. The van der Waals surface area contributed by atoms with Gasteiger partial charge in [-0.2, -0.15) is 5.10 Å². The van der Waals surface area contributed by atoms with Crippen molar-refractivity contribution in [2.75, 3.05) is 20.2 Å². The third-order valence-electron chi connectivity index (χ3n) is 6.66. The van der Waals surface area contributed by atoms with E-state index in [0.29, 0.717) is 18.4 Å². The summed E-state index contributed by atoms with van der Waals surface area (Å²) >= 11 is 0. The third-order valence-corrected chi connectivity index (χ3v) is 6.66. The minimum absolute atomic E-state index is 0.0492. The number of pyridine rings is 1. The monoisotopic (exact) mass is 475 g/mol. The average molecular weight is 476 g/mol. The highest BCUT2D eigenvalue weighted by molar-refractivity contribution is 5.94. The minimum Gasteiger partial charge on any atom is -0.469 e. The van der Waals surface area contributed by atoms with E-state index < -0.39 is 0 Å². The summed E-state index contributed by atoms with van der Waals surface area (Å²) in [5.74, 6) is -0.280. The van der Waals surface area contributed by atoms with Crippen LogP contribution in [0.4, 0.5) is 0 Å². The number of amides is 1. The second-order valence-corrected chi connectivity index (χ2v) is 9.03. The second-order valence-electron chi connectivity index (χ2n) is 9.03. The number of nitrogens with zero attached hydrogens (tertiary/aromatic N) is 4. The number of hydrogen-bond acceptors (Lipinski definition) is 6. The molecule has 35 heavy (non-hydrogen) atoms. The topological polar surface area (TPSA) is 89.3 Å². The average Bonchev–Trinajstić information content (AvgIpc) is 3.17. The van der Waals surface area contributed by atoms with Crippen molar-refractivity contribution in [2.24, 2.45) is 0 Å². The first-order chi connectivity index (χ1) is 16.9. The van der Waals surface area contributed by atoms with E-state index in [1.165, 1.54) is 7.11 Å². The van der Waals surface area contributed by atoms with Gasteiger partial charge in [-0.15, -0.1) is 0 Å². The van der Waals surface area contributed by atoms with E-state index in [1.807, 2.05) is 67.2 Å². The van der Waals surface area contributed by atoms with Gasteiger partial charge in [-0.05, 0) is 75.1 Å². The molecule has 0 aliphatic carbocycles. The fraction of sp³-hybridized carbons (Fsp3) is 0.407. The quantitative estimate of drug-likeness (QED) is 0.503. The van der Waals surface area contributed by atoms with Gasteiger partial charge in [-0.3, -0.25) is 19.5 Å². The number of benzene rings is 1. The molecule has 0 bridgehead atoms. The fourth-order valence-corrected chi connectivity index (χ4v) is 4.60. The van der Waals surface area contributed by atoms with Crippen molar-refractivity contribution >= 4 is 11.9 Å². The SMILES string of the molecule is COC(=O)CCc1c(C)nn(-c2ccc(C(=O)NC3CCN(Cc4ccccn4)CC3)cc2)c1C. The number of aryl methyl sites for hydroxylation is 1. The molecular weight excluding hydrogens is 442 g/mol. The van der Waals surface area contributed by atoms with Crippen LogP contribution in [0.5, 0.6) is 0 Å². The third kappa shape index (κ3) is 6.14. The van der Waals surface area contributed by atoms with Crippen LogP contribution in [0.3, 0.4) is 0 Å². The molecule has 0 spiro atoms. The number of hydrogen-bond donors (Lipinski definition) is 1. The van der Waals surface area contributed by atoms with Crippen LogP contribution >= 0.6 is 0 Å². The van der Waals surface area contributed by atoms with E-state index in [9.17, 15) is 9.59 Å². The van der Waals surface area contributed by atoms with Gasteiger partial charge in [-0.25, -0.2) is 4.68 Å². The Bertz CT molecular complexity index is 1150. The molecule has 0 saturated carbocycles. The summed E-state index contributed by atoms with van der Waals surface area (Å²) in [6.45, 7) is 6.67. The highest BCUT2D eigenvalue weighted by Gasteiger charge is 2.22. The van der Waals surface area contributed by atoms with Gasteiger partial charge in [0.2, 0.25) is 0 Å². The van der Waals surface area contributed by atoms with Gasteiger partial charge in [0.25, 0.3) is 5.91 Å². The highest BCUT2D eigenvalue weighted by atomic mass is 16.5. The van der Waals surface area contributed by atoms with Gasteiger partial charge in [0.1, 0.15) is 0 Å². The van der Waals surface area contributed by atoms with Crippen molar-refractivity contribution < 1.29 is 14.3 Å². The number of carbonyl (C=O) groups is 2. The Kier molecular flexibility index (Phi) is 7.92. The highest BCUT2D eigenvalue weighted by Crippen LogP contribution is 2.20. The zero-order chi connectivity index (χ0) is 24.8. The maximum absolute atomic E-state index is 12.8. The zero-order valence-electron chi connectivity index (χ0n) is 20.7. The Morgan fingerprint density at radius 2 is 1.83 bits per heavy atom. The number of likely N-dealkylation sites (tertiary alicyclic amines) is 1. The van der Waals surface area contributed by atoms with Crippen molar-refractivity contribution in [3.8, 4) is 5.69 Å². The maximum atomic E-state index is 12.8. The lowest BCUT2D eigenvalue weighted by Gasteiger charge is -2.32. The van der Waals surface area contributed by atoms with Gasteiger partial charge in [0.15, 0.2) is 0 Å². The van der Waals surface area contributed by atoms with Gasteiger partial charge in [0.05, 0.1) is 24.2 Å². The molecule has 184 valence electrons. The minimum atomic E-state index is -0.231. The lowest BCUT2D eigenvalue weighted by atomic mass is 10.0. The molecule has 0 atom stereocenters. The van der Waals surface area contributed by atoms with Crippen LogP contribution in [0, 0.1) is 13.8 Å². The van der Waals surface area contributed by atoms with Gasteiger partial charge in [0, 0.05) is 49.6 Å². The Hall–Kier alpha value is -3.52. The summed E-state index contributed by atoms with van der Waals surface area (Å²) in [7, 11) is 1.40. The number of ether oxygens (including phenoxy) is 1. The van der Waals surface area contributed by atoms with Crippen molar-refractivity contribution in [1.29, 1.82) is 0 Å². The molecule has 3 heterocycles. The predicted molar refractivity (Wildman–Crippen MR) is 133 cm³/mol. The van der Waals surface area contributed by atoms with Crippen LogP contribution in [-0.2, 0) is 22.5 Å². The first-order valence-corrected chi connectivity index (χ1v) is 12.1. The van der Waals surface area contributed by atoms with E-state index in [-0.39, 0.29) is 17.9 Å². The summed E-state index contributed by atoms with van der Waals surface area (Å²) in [4.78, 5) is 31.1. The van der Waals surface area contributed by atoms with Gasteiger partial charge < -0.3 is 10.1 Å². The van der Waals surface area contributed by atoms with E-state index in [0.717, 1.165) is 60.8 Å². The second kappa shape index (κ2) is 11.3. The van der Waals surface area contributed by atoms with Crippen molar-refractivity contribution in [1.82, 2.24) is 25.0 Å². The molecule has 1 aliphatic rings. The number of carbonyl (C=O) groups excluding carboxylic acids is 2. The van der Waals surface area contributed by atoms with E-state index in [4.69, 9.17) is 4.74 Å². The van der Waals surface area contributed by atoms with Crippen molar-refractivity contribution in [3.63, 3.8) is 0 Å². The summed E-state index contributed by atoms with van der Waals surface area (Å²) in [6, 6.07) is 13.7. The van der Waals surface area contributed by atoms with E-state index in [2.05, 4.69) is 20.3 Å². The summed E-state index contributed by atoms with van der Waals surface area (Å²) in [5, 5.41) is 7.83. The molecule has 0 radical (unpaired) electrons. The first kappa shape index (κ1) is 24.6. The molecule has 1 aliphatic heterocycles. The Morgan fingerprint density at radius 1 is 1.09 bits per heavy atom. The van der Waals surface area contributed by atoms with Gasteiger partial charge >= 0.3 is 5.97 Å². The maximum Gasteiger partial charge on any atom is 0.305 e. The smallest absolute Gasteiger partial charge is 0.305 e. The molecule has 1 N–H and O–H groups in total. The normalized spacial score (nSPS) is 14.6. The van der Waals surface area contributed by atoms with Crippen molar-refractivity contribution in [3.05, 3.63) is 76.9 Å². The molecule has 0 unspecified atom stereocenters. The van der Waals surface area contributed by atoms with Crippen LogP contribution in [-0.4, -0.2) is 57.8 Å². The molecule has 2 aromatic heterocycles. The largest absolute Gasteiger partial charge is 0.469 e. The number of rotatable bonds is 8. The Labute approximate surface area is 206 Å². The fourth-order valence-electron chi connectivity index (χ4n) is 4.60. The Balaban J connectivity index is 1.32. The van der Waals surface area contributed by atoms with Crippen LogP contribution in [0.1, 0.15) is 52.3 Å². The molecule has 1 aromatic carbocycles. The predicted octanol–water partition coefficient (Wildman–Crippen LogP) is 3.38. The molecule has 1 fully saturated rings.